The van der Waals surface area contributed by atoms with Crippen LogP contribution in [0.25, 0.3) is 0 Å². The zero-order valence-electron chi connectivity index (χ0n) is 9.93. The molecule has 94 valence electrons. The van der Waals surface area contributed by atoms with Crippen molar-refractivity contribution in [3.63, 3.8) is 0 Å². The Morgan fingerprint density at radius 2 is 2.12 bits per heavy atom. The van der Waals surface area contributed by atoms with Gasteiger partial charge in [0.1, 0.15) is 0 Å². The maximum Gasteiger partial charge on any atom is 0.257 e. The Morgan fingerprint density at radius 3 is 2.71 bits per heavy atom. The first-order valence-corrected chi connectivity index (χ1v) is 5.67. The summed E-state index contributed by atoms with van der Waals surface area (Å²) in [5, 5.41) is 0. The minimum atomic E-state index is -0.0162. The number of amides is 1. The number of anilines is 1. The van der Waals surface area contributed by atoms with E-state index in [0.29, 0.717) is 17.3 Å². The molecule has 0 unspecified atom stereocenters. The molecule has 1 aliphatic rings. The summed E-state index contributed by atoms with van der Waals surface area (Å²) < 4.78 is 0. The van der Waals surface area contributed by atoms with Gasteiger partial charge < -0.3 is 10.6 Å². The number of nitrogens with zero attached hydrogens (tertiary/aromatic N) is 2. The number of halogens is 1. The van der Waals surface area contributed by atoms with Gasteiger partial charge in [0.25, 0.3) is 5.91 Å². The average molecular weight is 256 g/mol. The van der Waals surface area contributed by atoms with Crippen LogP contribution in [0.4, 0.5) is 5.69 Å². The topological polar surface area (TPSA) is 59.2 Å². The van der Waals surface area contributed by atoms with Crippen molar-refractivity contribution in [3.05, 3.63) is 24.0 Å². The van der Waals surface area contributed by atoms with E-state index in [4.69, 9.17) is 5.73 Å². The Hall–Kier alpha value is -1.29. The molecule has 1 aromatic heterocycles. The quantitative estimate of drug-likeness (QED) is 0.881. The molecule has 4 nitrogen and oxygen atoms in total. The van der Waals surface area contributed by atoms with Gasteiger partial charge in [-0.2, -0.15) is 0 Å². The van der Waals surface area contributed by atoms with Crippen LogP contribution in [0.5, 0.6) is 0 Å². The highest BCUT2D eigenvalue weighted by molar-refractivity contribution is 5.98. The molecule has 0 aromatic carbocycles. The fourth-order valence-electron chi connectivity index (χ4n) is 2.23. The third-order valence-electron chi connectivity index (χ3n) is 3.28. The van der Waals surface area contributed by atoms with Gasteiger partial charge in [-0.05, 0) is 18.9 Å². The van der Waals surface area contributed by atoms with Crippen molar-refractivity contribution in [3.8, 4) is 0 Å². The maximum absolute atomic E-state index is 12.2. The zero-order chi connectivity index (χ0) is 11.5. The van der Waals surface area contributed by atoms with Gasteiger partial charge in [0.05, 0.1) is 5.56 Å². The van der Waals surface area contributed by atoms with E-state index >= 15 is 0 Å². The number of rotatable bonds is 2. The van der Waals surface area contributed by atoms with Gasteiger partial charge in [0.2, 0.25) is 0 Å². The fourth-order valence-corrected chi connectivity index (χ4v) is 2.23. The van der Waals surface area contributed by atoms with Crippen molar-refractivity contribution < 1.29 is 4.79 Å². The number of carbonyl (C=O) groups excluding carboxylic acids is 1. The monoisotopic (exact) mass is 255 g/mol. The molecular formula is C12H18ClN3O. The number of nitrogens with two attached hydrogens (primary N) is 1. The Balaban J connectivity index is 0.00000144. The van der Waals surface area contributed by atoms with Gasteiger partial charge in [0.15, 0.2) is 0 Å². The molecule has 1 fully saturated rings. The van der Waals surface area contributed by atoms with Crippen LogP contribution in [0, 0.1) is 0 Å². The number of nitrogen functional groups attached to an aromatic ring is 1. The molecule has 0 saturated heterocycles. The summed E-state index contributed by atoms with van der Waals surface area (Å²) in [6, 6.07) is 2.03. The summed E-state index contributed by atoms with van der Waals surface area (Å²) in [5.41, 5.74) is 6.79. The molecule has 1 aliphatic carbocycles. The largest absolute Gasteiger partial charge is 0.398 e. The molecule has 1 saturated carbocycles. The summed E-state index contributed by atoms with van der Waals surface area (Å²) >= 11 is 0. The standard InChI is InChI=1S/C12H17N3O.ClH/c1-15(9-4-2-3-5-9)12(16)10-8-14-7-6-11(10)13;/h6-9H,2-5H2,1H3,(H2,13,14);1H. The number of pyridine rings is 1. The Morgan fingerprint density at radius 1 is 1.47 bits per heavy atom. The molecule has 0 bridgehead atoms. The molecule has 0 radical (unpaired) electrons. The Kier molecular flexibility index (Phi) is 4.75. The minimum absolute atomic E-state index is 0. The lowest BCUT2D eigenvalue weighted by Gasteiger charge is -2.24. The van der Waals surface area contributed by atoms with E-state index in [1.165, 1.54) is 12.8 Å². The number of aromatic nitrogens is 1. The van der Waals surface area contributed by atoms with Gasteiger partial charge >= 0.3 is 0 Å². The first kappa shape index (κ1) is 13.8. The van der Waals surface area contributed by atoms with Gasteiger partial charge in [-0.3, -0.25) is 9.78 Å². The van der Waals surface area contributed by atoms with Crippen LogP contribution < -0.4 is 5.73 Å². The average Bonchev–Trinajstić information content (AvgIpc) is 2.81. The third-order valence-corrected chi connectivity index (χ3v) is 3.28. The normalized spacial score (nSPS) is 15.4. The molecule has 1 aromatic rings. The van der Waals surface area contributed by atoms with Crippen LogP contribution >= 0.6 is 12.4 Å². The number of carbonyl (C=O) groups is 1. The Labute approximate surface area is 108 Å². The molecule has 0 atom stereocenters. The second-order valence-corrected chi connectivity index (χ2v) is 4.32. The van der Waals surface area contributed by atoms with E-state index in [2.05, 4.69) is 4.98 Å². The van der Waals surface area contributed by atoms with Crippen molar-refractivity contribution in [1.82, 2.24) is 9.88 Å². The van der Waals surface area contributed by atoms with Gasteiger partial charge in [-0.25, -0.2) is 0 Å². The summed E-state index contributed by atoms with van der Waals surface area (Å²) in [5.74, 6) is -0.0162. The van der Waals surface area contributed by atoms with Crippen LogP contribution in [-0.4, -0.2) is 28.9 Å². The summed E-state index contributed by atoms with van der Waals surface area (Å²) in [6.45, 7) is 0. The van der Waals surface area contributed by atoms with Gasteiger partial charge in [-0.1, -0.05) is 12.8 Å². The molecule has 1 heterocycles. The molecular weight excluding hydrogens is 238 g/mol. The second kappa shape index (κ2) is 5.87. The molecule has 0 spiro atoms. The lowest BCUT2D eigenvalue weighted by molar-refractivity contribution is 0.0736. The zero-order valence-corrected chi connectivity index (χ0v) is 10.7. The lowest BCUT2D eigenvalue weighted by Crippen LogP contribution is -2.35. The molecule has 5 heteroatoms. The maximum atomic E-state index is 12.2. The van der Waals surface area contributed by atoms with E-state index < -0.39 is 0 Å². The van der Waals surface area contributed by atoms with Gasteiger partial charge in [0, 0.05) is 31.2 Å². The van der Waals surface area contributed by atoms with Crippen molar-refractivity contribution in [2.45, 2.75) is 31.7 Å². The van der Waals surface area contributed by atoms with E-state index in [9.17, 15) is 4.79 Å². The summed E-state index contributed by atoms with van der Waals surface area (Å²) in [6.07, 6.45) is 7.77. The van der Waals surface area contributed by atoms with Crippen molar-refractivity contribution in [1.29, 1.82) is 0 Å². The van der Waals surface area contributed by atoms with Crippen LogP contribution in [0.2, 0.25) is 0 Å². The highest BCUT2D eigenvalue weighted by atomic mass is 35.5. The van der Waals surface area contributed by atoms with Crippen molar-refractivity contribution in [2.75, 3.05) is 12.8 Å². The molecule has 2 rings (SSSR count). The van der Waals surface area contributed by atoms with Crippen LogP contribution in [-0.2, 0) is 0 Å². The Bertz CT molecular complexity index is 391. The smallest absolute Gasteiger partial charge is 0.257 e. The van der Waals surface area contributed by atoms with E-state index in [-0.39, 0.29) is 18.3 Å². The lowest BCUT2D eigenvalue weighted by atomic mass is 10.1. The van der Waals surface area contributed by atoms with Crippen molar-refractivity contribution in [2.24, 2.45) is 0 Å². The van der Waals surface area contributed by atoms with E-state index in [1.807, 2.05) is 7.05 Å². The second-order valence-electron chi connectivity index (χ2n) is 4.32. The number of hydrogen-bond acceptors (Lipinski definition) is 3. The van der Waals surface area contributed by atoms with Crippen molar-refractivity contribution >= 4 is 24.0 Å². The van der Waals surface area contributed by atoms with Crippen LogP contribution in [0.1, 0.15) is 36.0 Å². The highest BCUT2D eigenvalue weighted by Gasteiger charge is 2.25. The summed E-state index contributed by atoms with van der Waals surface area (Å²) in [4.78, 5) is 17.9. The van der Waals surface area contributed by atoms with E-state index in [0.717, 1.165) is 12.8 Å². The number of hydrogen-bond donors (Lipinski definition) is 1. The highest BCUT2D eigenvalue weighted by Crippen LogP contribution is 2.24. The van der Waals surface area contributed by atoms with E-state index in [1.54, 1.807) is 23.4 Å². The first-order valence-electron chi connectivity index (χ1n) is 5.67. The molecule has 1 amide bonds. The first-order chi connectivity index (χ1) is 7.70. The van der Waals surface area contributed by atoms with Crippen LogP contribution in [0.15, 0.2) is 18.5 Å². The molecule has 2 N–H and O–H groups in total. The predicted molar refractivity (Wildman–Crippen MR) is 70.2 cm³/mol. The SMILES string of the molecule is CN(C(=O)c1cnccc1N)C1CCCC1.Cl. The fraction of sp³-hybridized carbons (Fsp3) is 0.500. The van der Waals surface area contributed by atoms with Gasteiger partial charge in [-0.15, -0.1) is 12.4 Å². The summed E-state index contributed by atoms with van der Waals surface area (Å²) in [7, 11) is 1.85. The van der Waals surface area contributed by atoms with Crippen LogP contribution in [0.3, 0.4) is 0 Å². The molecule has 17 heavy (non-hydrogen) atoms. The third kappa shape index (κ3) is 2.88. The molecule has 0 aliphatic heterocycles. The predicted octanol–water partition coefficient (Wildman–Crippen LogP) is 2.10. The minimum Gasteiger partial charge on any atom is -0.398 e.